The second kappa shape index (κ2) is 6.51. The van der Waals surface area contributed by atoms with Gasteiger partial charge < -0.3 is 10.1 Å². The van der Waals surface area contributed by atoms with Gasteiger partial charge in [0.2, 0.25) is 0 Å². The predicted octanol–water partition coefficient (Wildman–Crippen LogP) is 2.85. The Morgan fingerprint density at radius 1 is 1.56 bits per heavy atom. The van der Waals surface area contributed by atoms with Crippen LogP contribution in [0.2, 0.25) is 0 Å². The SMILES string of the molecule is CCC(C#N)Oc1ccc(CNC)cc1Br. The van der Waals surface area contributed by atoms with Crippen LogP contribution in [0.3, 0.4) is 0 Å². The van der Waals surface area contributed by atoms with Gasteiger partial charge in [-0.15, -0.1) is 0 Å². The van der Waals surface area contributed by atoms with Gasteiger partial charge in [-0.25, -0.2) is 0 Å². The van der Waals surface area contributed by atoms with E-state index in [1.807, 2.05) is 32.2 Å². The fourth-order valence-corrected chi connectivity index (χ4v) is 1.83. The third-order valence-electron chi connectivity index (χ3n) is 2.16. The lowest BCUT2D eigenvalue weighted by molar-refractivity contribution is 0.250. The molecule has 1 atom stereocenters. The van der Waals surface area contributed by atoms with E-state index in [-0.39, 0.29) is 6.10 Å². The van der Waals surface area contributed by atoms with E-state index < -0.39 is 0 Å². The molecule has 0 aromatic heterocycles. The van der Waals surface area contributed by atoms with Gasteiger partial charge >= 0.3 is 0 Å². The van der Waals surface area contributed by atoms with E-state index >= 15 is 0 Å². The first kappa shape index (κ1) is 13.0. The summed E-state index contributed by atoms with van der Waals surface area (Å²) in [7, 11) is 1.90. The molecule has 1 N–H and O–H groups in total. The summed E-state index contributed by atoms with van der Waals surface area (Å²) in [5, 5.41) is 11.9. The molecule has 0 bridgehead atoms. The molecular formula is C12H15BrN2O. The maximum Gasteiger partial charge on any atom is 0.184 e. The molecule has 1 unspecified atom stereocenters. The van der Waals surface area contributed by atoms with E-state index in [9.17, 15) is 0 Å². The van der Waals surface area contributed by atoms with Crippen molar-refractivity contribution in [2.24, 2.45) is 0 Å². The van der Waals surface area contributed by atoms with Gasteiger partial charge in [-0.05, 0) is 47.1 Å². The van der Waals surface area contributed by atoms with Crippen molar-refractivity contribution < 1.29 is 4.74 Å². The molecule has 0 saturated carbocycles. The zero-order valence-corrected chi connectivity index (χ0v) is 11.0. The smallest absolute Gasteiger partial charge is 0.184 e. The van der Waals surface area contributed by atoms with Gasteiger partial charge in [0.05, 0.1) is 4.47 Å². The monoisotopic (exact) mass is 282 g/mol. The molecule has 4 heteroatoms. The van der Waals surface area contributed by atoms with Crippen molar-refractivity contribution in [2.45, 2.75) is 26.0 Å². The van der Waals surface area contributed by atoms with E-state index in [1.165, 1.54) is 5.56 Å². The molecule has 0 aliphatic carbocycles. The molecule has 0 aliphatic heterocycles. The lowest BCUT2D eigenvalue weighted by atomic mass is 10.2. The summed E-state index contributed by atoms with van der Waals surface area (Å²) in [5.74, 6) is 0.716. The van der Waals surface area contributed by atoms with Crippen LogP contribution >= 0.6 is 15.9 Å². The summed E-state index contributed by atoms with van der Waals surface area (Å²) in [5.41, 5.74) is 1.17. The third kappa shape index (κ3) is 3.51. The summed E-state index contributed by atoms with van der Waals surface area (Å²) in [6.45, 7) is 2.74. The second-order valence-corrected chi connectivity index (χ2v) is 4.29. The minimum absolute atomic E-state index is 0.383. The van der Waals surface area contributed by atoms with Gasteiger partial charge in [0.15, 0.2) is 6.10 Å². The van der Waals surface area contributed by atoms with E-state index in [0.29, 0.717) is 12.2 Å². The van der Waals surface area contributed by atoms with Crippen molar-refractivity contribution >= 4 is 15.9 Å². The highest BCUT2D eigenvalue weighted by Gasteiger charge is 2.09. The molecule has 86 valence electrons. The summed E-state index contributed by atoms with van der Waals surface area (Å²) < 4.78 is 6.43. The molecule has 1 aromatic carbocycles. The van der Waals surface area contributed by atoms with Crippen LogP contribution in [0.15, 0.2) is 22.7 Å². The number of benzene rings is 1. The molecule has 1 aromatic rings. The van der Waals surface area contributed by atoms with Crippen LogP contribution in [-0.4, -0.2) is 13.2 Å². The highest BCUT2D eigenvalue weighted by atomic mass is 79.9. The molecule has 0 saturated heterocycles. The molecule has 3 nitrogen and oxygen atoms in total. The number of nitrogens with zero attached hydrogens (tertiary/aromatic N) is 1. The number of rotatable bonds is 5. The largest absolute Gasteiger partial charge is 0.474 e. The van der Waals surface area contributed by atoms with Crippen molar-refractivity contribution in [1.29, 1.82) is 5.26 Å². The Labute approximate surface area is 105 Å². The molecule has 16 heavy (non-hydrogen) atoms. The maximum atomic E-state index is 8.82. The number of hydrogen-bond donors (Lipinski definition) is 1. The Balaban J connectivity index is 2.79. The number of ether oxygens (including phenoxy) is 1. The second-order valence-electron chi connectivity index (χ2n) is 3.44. The van der Waals surface area contributed by atoms with Gasteiger partial charge in [0, 0.05) is 6.54 Å². The highest BCUT2D eigenvalue weighted by molar-refractivity contribution is 9.10. The Morgan fingerprint density at radius 3 is 2.81 bits per heavy atom. The maximum absolute atomic E-state index is 8.82. The fourth-order valence-electron chi connectivity index (χ4n) is 1.31. The molecule has 0 aliphatic rings. The first-order chi connectivity index (χ1) is 7.71. The van der Waals surface area contributed by atoms with Crippen LogP contribution in [0, 0.1) is 11.3 Å². The first-order valence-electron chi connectivity index (χ1n) is 5.20. The number of nitriles is 1. The summed E-state index contributed by atoms with van der Waals surface area (Å²) in [4.78, 5) is 0. The molecule has 1 rings (SSSR count). The number of halogens is 1. The van der Waals surface area contributed by atoms with Gasteiger partial charge in [-0.1, -0.05) is 13.0 Å². The molecule has 0 amide bonds. The van der Waals surface area contributed by atoms with Gasteiger partial charge in [-0.3, -0.25) is 0 Å². The van der Waals surface area contributed by atoms with Crippen LogP contribution in [0.5, 0.6) is 5.75 Å². The average Bonchev–Trinajstić information content (AvgIpc) is 2.29. The van der Waals surface area contributed by atoms with Crippen molar-refractivity contribution in [3.8, 4) is 11.8 Å². The number of nitrogens with one attached hydrogen (secondary N) is 1. The van der Waals surface area contributed by atoms with Gasteiger partial charge in [0.1, 0.15) is 11.8 Å². The predicted molar refractivity (Wildman–Crippen MR) is 67.2 cm³/mol. The van der Waals surface area contributed by atoms with Crippen LogP contribution in [0.4, 0.5) is 0 Å². The standard InChI is InChI=1S/C12H15BrN2O/c1-3-10(7-14)16-12-5-4-9(8-15-2)6-11(12)13/h4-6,10,15H,3,8H2,1-2H3. The zero-order chi connectivity index (χ0) is 12.0. The molecule has 0 spiro atoms. The third-order valence-corrected chi connectivity index (χ3v) is 2.78. The molecule has 0 radical (unpaired) electrons. The van der Waals surface area contributed by atoms with E-state index in [2.05, 4.69) is 27.3 Å². The molecular weight excluding hydrogens is 268 g/mol. The Hall–Kier alpha value is -1.05. The van der Waals surface area contributed by atoms with E-state index in [1.54, 1.807) is 0 Å². The Kier molecular flexibility index (Phi) is 5.30. The molecule has 0 fully saturated rings. The van der Waals surface area contributed by atoms with Crippen LogP contribution in [-0.2, 0) is 6.54 Å². The van der Waals surface area contributed by atoms with Crippen molar-refractivity contribution in [2.75, 3.05) is 7.05 Å². The van der Waals surface area contributed by atoms with Crippen molar-refractivity contribution in [1.82, 2.24) is 5.32 Å². The van der Waals surface area contributed by atoms with Gasteiger partial charge in [-0.2, -0.15) is 5.26 Å². The topological polar surface area (TPSA) is 45.0 Å². The Morgan fingerprint density at radius 2 is 2.31 bits per heavy atom. The van der Waals surface area contributed by atoms with Crippen LogP contribution in [0.1, 0.15) is 18.9 Å². The average molecular weight is 283 g/mol. The minimum Gasteiger partial charge on any atom is -0.474 e. The number of hydrogen-bond acceptors (Lipinski definition) is 3. The molecule has 0 heterocycles. The van der Waals surface area contributed by atoms with Crippen LogP contribution < -0.4 is 10.1 Å². The van der Waals surface area contributed by atoms with E-state index in [4.69, 9.17) is 10.00 Å². The van der Waals surface area contributed by atoms with E-state index in [0.717, 1.165) is 11.0 Å². The quantitative estimate of drug-likeness (QED) is 0.903. The summed E-state index contributed by atoms with van der Waals surface area (Å²) in [6, 6.07) is 7.98. The normalized spacial score (nSPS) is 11.9. The zero-order valence-electron chi connectivity index (χ0n) is 9.46. The van der Waals surface area contributed by atoms with Crippen molar-refractivity contribution in [3.63, 3.8) is 0 Å². The lowest BCUT2D eigenvalue weighted by Gasteiger charge is -2.12. The van der Waals surface area contributed by atoms with Crippen molar-refractivity contribution in [3.05, 3.63) is 28.2 Å². The van der Waals surface area contributed by atoms with Crippen LogP contribution in [0.25, 0.3) is 0 Å². The summed E-state index contributed by atoms with van der Waals surface area (Å²) >= 11 is 3.44. The van der Waals surface area contributed by atoms with Gasteiger partial charge in [0.25, 0.3) is 0 Å². The first-order valence-corrected chi connectivity index (χ1v) is 5.99. The fraction of sp³-hybridized carbons (Fsp3) is 0.417. The minimum atomic E-state index is -0.383. The lowest BCUT2D eigenvalue weighted by Crippen LogP contribution is -2.12. The Bertz CT molecular complexity index is 387. The summed E-state index contributed by atoms with van der Waals surface area (Å²) in [6.07, 6.45) is 0.299. The highest BCUT2D eigenvalue weighted by Crippen LogP contribution is 2.27.